The maximum absolute atomic E-state index is 5.65. The summed E-state index contributed by atoms with van der Waals surface area (Å²) in [5, 5.41) is 2.00. The second-order valence-corrected chi connectivity index (χ2v) is 3.89. The van der Waals surface area contributed by atoms with Crippen molar-refractivity contribution in [3.05, 3.63) is 24.3 Å². The van der Waals surface area contributed by atoms with E-state index in [0.717, 1.165) is 44.0 Å². The Bertz CT molecular complexity index is 325. The monoisotopic (exact) mass is 222 g/mol. The first-order valence-corrected chi connectivity index (χ1v) is 5.71. The largest absolute Gasteiger partial charge is 0.493 e. The lowest BCUT2D eigenvalue weighted by Gasteiger charge is -2.13. The molecule has 1 aromatic rings. The number of anilines is 1. The maximum atomic E-state index is 5.65. The lowest BCUT2D eigenvalue weighted by Crippen LogP contribution is -2.20. The van der Waals surface area contributed by atoms with Crippen LogP contribution in [-0.4, -0.2) is 31.4 Å². The van der Waals surface area contributed by atoms with Crippen molar-refractivity contribution in [2.24, 2.45) is 0 Å². The summed E-state index contributed by atoms with van der Waals surface area (Å²) in [7, 11) is 0. The van der Waals surface area contributed by atoms with E-state index in [1.54, 1.807) is 0 Å². The lowest BCUT2D eigenvalue weighted by molar-refractivity contribution is -0.111. The molecule has 4 nitrogen and oxygen atoms in total. The van der Waals surface area contributed by atoms with Gasteiger partial charge < -0.3 is 10.5 Å². The summed E-state index contributed by atoms with van der Waals surface area (Å²) in [6, 6.07) is 7.51. The normalized spacial score (nSPS) is 16.5. The third-order valence-electron chi connectivity index (χ3n) is 2.50. The third kappa shape index (κ3) is 3.40. The Morgan fingerprint density at radius 2 is 2.38 bits per heavy atom. The molecule has 0 amide bonds. The Hall–Kier alpha value is -1.26. The molecule has 1 heterocycles. The summed E-state index contributed by atoms with van der Waals surface area (Å²) < 4.78 is 5.58. The smallest absolute Gasteiger partial charge is 0.121 e. The van der Waals surface area contributed by atoms with E-state index in [4.69, 9.17) is 15.3 Å². The summed E-state index contributed by atoms with van der Waals surface area (Å²) in [6.45, 7) is 3.53. The Morgan fingerprint density at radius 1 is 1.44 bits per heavy atom. The molecule has 0 bridgehead atoms. The fraction of sp³-hybridized carbons (Fsp3) is 0.500. The van der Waals surface area contributed by atoms with Crippen molar-refractivity contribution in [1.29, 1.82) is 0 Å². The van der Waals surface area contributed by atoms with E-state index in [2.05, 4.69) is 0 Å². The quantitative estimate of drug-likeness (QED) is 0.608. The van der Waals surface area contributed by atoms with Gasteiger partial charge in [-0.05, 0) is 25.0 Å². The molecule has 4 heteroatoms. The van der Waals surface area contributed by atoms with Gasteiger partial charge >= 0.3 is 0 Å². The molecular formula is C12H18N2O2. The van der Waals surface area contributed by atoms with Gasteiger partial charge in [-0.15, -0.1) is 0 Å². The van der Waals surface area contributed by atoms with Gasteiger partial charge in [-0.2, -0.15) is 5.06 Å². The van der Waals surface area contributed by atoms with Crippen LogP contribution in [0.2, 0.25) is 0 Å². The number of ether oxygens (including phenoxy) is 1. The number of benzene rings is 1. The Balaban J connectivity index is 1.64. The standard InChI is InChI=1S/C12H18N2O2/c13-11-4-1-5-12(10-11)15-8-2-6-14-7-3-9-16-14/h1,4-5,10H,2-3,6-9,13H2. The molecule has 2 rings (SSSR count). The highest BCUT2D eigenvalue weighted by molar-refractivity contribution is 5.43. The van der Waals surface area contributed by atoms with Crippen LogP contribution in [0.1, 0.15) is 12.8 Å². The van der Waals surface area contributed by atoms with Gasteiger partial charge in [-0.3, -0.25) is 4.84 Å². The van der Waals surface area contributed by atoms with Crippen LogP contribution in [0.3, 0.4) is 0 Å². The third-order valence-corrected chi connectivity index (χ3v) is 2.50. The molecule has 0 aliphatic carbocycles. The van der Waals surface area contributed by atoms with Gasteiger partial charge in [0.1, 0.15) is 5.75 Å². The molecule has 0 atom stereocenters. The molecule has 0 aromatic heterocycles. The van der Waals surface area contributed by atoms with Gasteiger partial charge in [0.25, 0.3) is 0 Å². The minimum Gasteiger partial charge on any atom is -0.493 e. The molecule has 0 unspecified atom stereocenters. The first-order chi connectivity index (χ1) is 7.84. The van der Waals surface area contributed by atoms with Crippen molar-refractivity contribution in [2.75, 3.05) is 32.0 Å². The zero-order valence-corrected chi connectivity index (χ0v) is 9.39. The second kappa shape index (κ2) is 5.72. The summed E-state index contributed by atoms with van der Waals surface area (Å²) in [5.74, 6) is 0.836. The molecule has 16 heavy (non-hydrogen) atoms. The van der Waals surface area contributed by atoms with Gasteiger partial charge in [0.15, 0.2) is 0 Å². The number of rotatable bonds is 5. The van der Waals surface area contributed by atoms with E-state index in [1.807, 2.05) is 29.3 Å². The van der Waals surface area contributed by atoms with E-state index in [-0.39, 0.29) is 0 Å². The van der Waals surface area contributed by atoms with Crippen molar-refractivity contribution in [2.45, 2.75) is 12.8 Å². The fourth-order valence-corrected chi connectivity index (χ4v) is 1.71. The van der Waals surface area contributed by atoms with Crippen molar-refractivity contribution >= 4 is 5.69 Å². The topological polar surface area (TPSA) is 47.7 Å². The summed E-state index contributed by atoms with van der Waals surface area (Å²) >= 11 is 0. The van der Waals surface area contributed by atoms with Gasteiger partial charge in [0.2, 0.25) is 0 Å². The van der Waals surface area contributed by atoms with Crippen LogP contribution in [0, 0.1) is 0 Å². The van der Waals surface area contributed by atoms with Crippen molar-refractivity contribution in [1.82, 2.24) is 5.06 Å². The van der Waals surface area contributed by atoms with E-state index in [9.17, 15) is 0 Å². The molecular weight excluding hydrogens is 204 g/mol. The number of hydroxylamine groups is 2. The van der Waals surface area contributed by atoms with Gasteiger partial charge in [-0.25, -0.2) is 0 Å². The van der Waals surface area contributed by atoms with Crippen molar-refractivity contribution in [3.63, 3.8) is 0 Å². The molecule has 1 aliphatic rings. The van der Waals surface area contributed by atoms with Crippen LogP contribution < -0.4 is 10.5 Å². The minimum absolute atomic E-state index is 0.698. The highest BCUT2D eigenvalue weighted by Crippen LogP contribution is 2.14. The zero-order valence-electron chi connectivity index (χ0n) is 9.39. The average Bonchev–Trinajstić information content (AvgIpc) is 2.77. The minimum atomic E-state index is 0.698. The molecule has 0 radical (unpaired) electrons. The Morgan fingerprint density at radius 3 is 3.12 bits per heavy atom. The van der Waals surface area contributed by atoms with E-state index < -0.39 is 0 Å². The first-order valence-electron chi connectivity index (χ1n) is 5.71. The zero-order chi connectivity index (χ0) is 11.2. The molecule has 0 spiro atoms. The predicted molar refractivity (Wildman–Crippen MR) is 63.1 cm³/mol. The number of hydrogen-bond acceptors (Lipinski definition) is 4. The highest BCUT2D eigenvalue weighted by Gasteiger charge is 2.11. The van der Waals surface area contributed by atoms with Crippen LogP contribution in [0.5, 0.6) is 5.75 Å². The second-order valence-electron chi connectivity index (χ2n) is 3.89. The van der Waals surface area contributed by atoms with E-state index in [0.29, 0.717) is 6.61 Å². The number of hydrogen-bond donors (Lipinski definition) is 1. The predicted octanol–water partition coefficient (Wildman–Crippen LogP) is 1.68. The number of nitrogens with two attached hydrogens (primary N) is 1. The van der Waals surface area contributed by atoms with Crippen LogP contribution >= 0.6 is 0 Å². The Kier molecular flexibility index (Phi) is 4.02. The summed E-state index contributed by atoms with van der Waals surface area (Å²) in [5.41, 5.74) is 6.39. The molecule has 2 N–H and O–H groups in total. The van der Waals surface area contributed by atoms with Gasteiger partial charge in [0.05, 0.1) is 13.2 Å². The first kappa shape index (κ1) is 11.2. The van der Waals surface area contributed by atoms with Crippen LogP contribution in [-0.2, 0) is 4.84 Å². The van der Waals surface area contributed by atoms with Crippen molar-refractivity contribution in [3.8, 4) is 5.75 Å². The number of nitrogen functional groups attached to an aromatic ring is 1. The fourth-order valence-electron chi connectivity index (χ4n) is 1.71. The maximum Gasteiger partial charge on any atom is 0.121 e. The molecule has 1 saturated heterocycles. The molecule has 0 saturated carbocycles. The van der Waals surface area contributed by atoms with E-state index >= 15 is 0 Å². The van der Waals surface area contributed by atoms with Crippen molar-refractivity contribution < 1.29 is 9.57 Å². The Labute approximate surface area is 95.9 Å². The molecule has 88 valence electrons. The van der Waals surface area contributed by atoms with Crippen LogP contribution in [0.25, 0.3) is 0 Å². The molecule has 1 aromatic carbocycles. The SMILES string of the molecule is Nc1cccc(OCCCN2CCCO2)c1. The highest BCUT2D eigenvalue weighted by atomic mass is 16.7. The lowest BCUT2D eigenvalue weighted by atomic mass is 10.3. The van der Waals surface area contributed by atoms with Crippen LogP contribution in [0.15, 0.2) is 24.3 Å². The summed E-state index contributed by atoms with van der Waals surface area (Å²) in [6.07, 6.45) is 2.10. The molecule has 1 fully saturated rings. The van der Waals surface area contributed by atoms with Gasteiger partial charge in [0, 0.05) is 24.8 Å². The van der Waals surface area contributed by atoms with Gasteiger partial charge in [-0.1, -0.05) is 6.07 Å². The molecule has 1 aliphatic heterocycles. The summed E-state index contributed by atoms with van der Waals surface area (Å²) in [4.78, 5) is 5.38. The van der Waals surface area contributed by atoms with E-state index in [1.165, 1.54) is 0 Å². The average molecular weight is 222 g/mol. The van der Waals surface area contributed by atoms with Crippen LogP contribution in [0.4, 0.5) is 5.69 Å². The number of nitrogens with zero attached hydrogens (tertiary/aromatic N) is 1.